The van der Waals surface area contributed by atoms with Gasteiger partial charge in [-0.05, 0) is 49.8 Å². The van der Waals surface area contributed by atoms with E-state index in [1.165, 1.54) is 12.5 Å². The van der Waals surface area contributed by atoms with Crippen LogP contribution >= 0.6 is 0 Å². The van der Waals surface area contributed by atoms with Crippen molar-refractivity contribution < 1.29 is 13.9 Å². The predicted octanol–water partition coefficient (Wildman–Crippen LogP) is 6.56. The normalized spacial score (nSPS) is 19.0. The Hall–Kier alpha value is -3.60. The molecule has 3 aliphatic rings. The topological polar surface area (TPSA) is 41.6 Å². The number of carbonyl (C=O) groups excluding carboxylic acids is 1. The van der Waals surface area contributed by atoms with Crippen LogP contribution in [0.1, 0.15) is 59.7 Å². The number of fused-ring (bicyclic) bond motifs is 2. The van der Waals surface area contributed by atoms with E-state index in [1.807, 2.05) is 36.4 Å². The maximum absolute atomic E-state index is 14.4. The third-order valence-corrected chi connectivity index (χ3v) is 7.86. The number of ether oxygens (including phenoxy) is 1. The molecule has 186 valence electrons. The molecule has 2 saturated carbocycles. The van der Waals surface area contributed by atoms with Crippen LogP contribution < -0.4 is 10.2 Å². The number of anilines is 1. The minimum Gasteiger partial charge on any atom is -0.497 e. The highest BCUT2D eigenvalue weighted by Crippen LogP contribution is 2.57. The van der Waals surface area contributed by atoms with Crippen LogP contribution in [0.15, 0.2) is 85.3 Å². The quantitative estimate of drug-likeness (QED) is 0.324. The molecule has 2 aromatic rings. The van der Waals surface area contributed by atoms with Crippen molar-refractivity contribution >= 4 is 17.4 Å². The van der Waals surface area contributed by atoms with E-state index in [0.29, 0.717) is 23.4 Å². The summed E-state index contributed by atoms with van der Waals surface area (Å²) in [5.74, 6) is 0.315. The van der Waals surface area contributed by atoms with Gasteiger partial charge in [0.2, 0.25) is 0 Å². The summed E-state index contributed by atoms with van der Waals surface area (Å²) in [4.78, 5) is 15.9. The fourth-order valence-electron chi connectivity index (χ4n) is 5.39. The van der Waals surface area contributed by atoms with Gasteiger partial charge >= 0.3 is 0 Å². The second kappa shape index (κ2) is 9.12. The van der Waals surface area contributed by atoms with Crippen LogP contribution in [0.25, 0.3) is 5.76 Å². The van der Waals surface area contributed by atoms with Gasteiger partial charge in [-0.1, -0.05) is 67.8 Å². The molecule has 1 amide bonds. The number of benzene rings is 2. The number of halogens is 1. The van der Waals surface area contributed by atoms with Gasteiger partial charge in [0.1, 0.15) is 11.6 Å². The fourth-order valence-corrected chi connectivity index (χ4v) is 5.39. The van der Waals surface area contributed by atoms with Crippen molar-refractivity contribution in [3.63, 3.8) is 0 Å². The van der Waals surface area contributed by atoms with E-state index in [4.69, 9.17) is 4.74 Å². The summed E-state index contributed by atoms with van der Waals surface area (Å²) in [6, 6.07) is 14.1. The Morgan fingerprint density at radius 3 is 2.47 bits per heavy atom. The van der Waals surface area contributed by atoms with Crippen molar-refractivity contribution in [3.05, 3.63) is 108 Å². The summed E-state index contributed by atoms with van der Waals surface area (Å²) in [5.41, 5.74) is 5.15. The molecule has 0 saturated heterocycles. The van der Waals surface area contributed by atoms with E-state index < -0.39 is 0 Å². The highest BCUT2D eigenvalue weighted by Gasteiger charge is 2.53. The van der Waals surface area contributed by atoms with Gasteiger partial charge in [0.25, 0.3) is 5.91 Å². The van der Waals surface area contributed by atoms with Crippen molar-refractivity contribution in [2.75, 3.05) is 25.1 Å². The molecular formula is C31H33FN2O2. The molecule has 36 heavy (non-hydrogen) atoms. The van der Waals surface area contributed by atoms with Crippen LogP contribution in [0.4, 0.5) is 10.1 Å². The third-order valence-electron chi connectivity index (χ3n) is 7.86. The molecule has 0 aromatic heterocycles. The average molecular weight is 485 g/mol. The molecule has 0 bridgehead atoms. The van der Waals surface area contributed by atoms with Crippen LogP contribution in [-0.2, 0) is 15.7 Å². The molecule has 0 radical (unpaired) electrons. The van der Waals surface area contributed by atoms with Crippen LogP contribution in [0.2, 0.25) is 0 Å². The SMILES string of the molecule is C=C/C=C\C(CN1CC2(CC2)c2cccc(C(=O)NC3(c4ccc(C(=C)OC)cc4)CC3)c21)=C(/C)F. The Labute approximate surface area is 212 Å². The van der Waals surface area contributed by atoms with E-state index in [1.54, 1.807) is 25.3 Å². The lowest BCUT2D eigenvalue weighted by Gasteiger charge is -2.24. The van der Waals surface area contributed by atoms with E-state index in [2.05, 4.69) is 29.4 Å². The Morgan fingerprint density at radius 1 is 1.17 bits per heavy atom. The maximum Gasteiger partial charge on any atom is 0.254 e. The molecule has 2 fully saturated rings. The molecule has 2 aliphatic carbocycles. The lowest BCUT2D eigenvalue weighted by atomic mass is 9.96. The van der Waals surface area contributed by atoms with Gasteiger partial charge in [0, 0.05) is 29.6 Å². The van der Waals surface area contributed by atoms with Crippen molar-refractivity contribution in [1.82, 2.24) is 5.32 Å². The van der Waals surface area contributed by atoms with Crippen LogP contribution in [0, 0.1) is 0 Å². The summed E-state index contributed by atoms with van der Waals surface area (Å²) in [6.45, 7) is 10.3. The lowest BCUT2D eigenvalue weighted by Crippen LogP contribution is -2.36. The summed E-state index contributed by atoms with van der Waals surface area (Å²) in [5, 5.41) is 3.34. The van der Waals surface area contributed by atoms with Crippen LogP contribution in [0.3, 0.4) is 0 Å². The minimum atomic E-state index is -0.360. The van der Waals surface area contributed by atoms with Crippen LogP contribution in [0.5, 0.6) is 0 Å². The number of nitrogens with one attached hydrogen (secondary N) is 1. The van der Waals surface area contributed by atoms with E-state index in [0.717, 1.165) is 49.0 Å². The second-order valence-corrected chi connectivity index (χ2v) is 10.2. The second-order valence-electron chi connectivity index (χ2n) is 10.2. The molecule has 5 heteroatoms. The van der Waals surface area contributed by atoms with E-state index >= 15 is 0 Å². The number of hydrogen-bond donors (Lipinski definition) is 1. The lowest BCUT2D eigenvalue weighted by molar-refractivity contribution is 0.0931. The first-order valence-electron chi connectivity index (χ1n) is 12.5. The first kappa shape index (κ1) is 24.1. The number of nitrogens with zero attached hydrogens (tertiary/aromatic N) is 1. The number of para-hydroxylation sites is 1. The van der Waals surface area contributed by atoms with Crippen molar-refractivity contribution in [2.24, 2.45) is 0 Å². The van der Waals surface area contributed by atoms with Crippen molar-refractivity contribution in [1.29, 1.82) is 0 Å². The summed E-state index contributed by atoms with van der Waals surface area (Å²) in [7, 11) is 1.61. The summed E-state index contributed by atoms with van der Waals surface area (Å²) >= 11 is 0. The summed E-state index contributed by atoms with van der Waals surface area (Å²) in [6.07, 6.45) is 9.16. The van der Waals surface area contributed by atoms with Gasteiger partial charge in [-0.15, -0.1) is 0 Å². The molecule has 1 aliphatic heterocycles. The highest BCUT2D eigenvalue weighted by molar-refractivity contribution is 6.02. The fraction of sp³-hybridized carbons (Fsp3) is 0.323. The van der Waals surface area contributed by atoms with Gasteiger partial charge in [0.15, 0.2) is 0 Å². The van der Waals surface area contributed by atoms with Gasteiger partial charge in [-0.25, -0.2) is 4.39 Å². The minimum absolute atomic E-state index is 0.0819. The number of methoxy groups -OCH3 is 1. The number of hydrogen-bond acceptors (Lipinski definition) is 3. The third kappa shape index (κ3) is 4.27. The number of rotatable bonds is 9. The Kier molecular flexibility index (Phi) is 6.11. The zero-order chi connectivity index (χ0) is 25.5. The molecule has 1 heterocycles. The van der Waals surface area contributed by atoms with Gasteiger partial charge in [0.05, 0.1) is 23.9 Å². The van der Waals surface area contributed by atoms with Crippen molar-refractivity contribution in [2.45, 2.75) is 43.6 Å². The smallest absolute Gasteiger partial charge is 0.254 e. The van der Waals surface area contributed by atoms with E-state index in [9.17, 15) is 9.18 Å². The average Bonchev–Trinajstić information content (AvgIpc) is 3.81. The highest BCUT2D eigenvalue weighted by atomic mass is 19.1. The first-order chi connectivity index (χ1) is 17.3. The molecule has 5 rings (SSSR count). The molecule has 2 aromatic carbocycles. The predicted molar refractivity (Wildman–Crippen MR) is 144 cm³/mol. The Bertz CT molecular complexity index is 1280. The standard InChI is InChI=1S/C31H33FN2O2/c1-5-6-8-24(21(2)32)19-34-20-30(15-16-30)27-10-7-9-26(28(27)34)29(35)33-31(17-18-31)25-13-11-23(12-14-25)22(3)36-4/h5-14H,1,3,15-20H2,2,4H3,(H,33,35)/b8-6-,24-21-. The Morgan fingerprint density at radius 2 is 1.89 bits per heavy atom. The number of amides is 1. The molecule has 0 atom stereocenters. The molecule has 1 N–H and O–H groups in total. The molecule has 4 nitrogen and oxygen atoms in total. The van der Waals surface area contributed by atoms with E-state index in [-0.39, 0.29) is 22.7 Å². The zero-order valence-electron chi connectivity index (χ0n) is 21.1. The molecule has 1 spiro atoms. The number of carbonyl (C=O) groups is 1. The first-order valence-corrected chi connectivity index (χ1v) is 12.5. The maximum atomic E-state index is 14.4. The molecule has 0 unspecified atom stereocenters. The summed E-state index contributed by atoms with van der Waals surface area (Å²) < 4.78 is 19.6. The Balaban J connectivity index is 1.43. The van der Waals surface area contributed by atoms with Crippen molar-refractivity contribution in [3.8, 4) is 0 Å². The van der Waals surface area contributed by atoms with Gasteiger partial charge in [-0.2, -0.15) is 0 Å². The van der Waals surface area contributed by atoms with Crippen LogP contribution in [-0.4, -0.2) is 26.1 Å². The van der Waals surface area contributed by atoms with Gasteiger partial charge < -0.3 is 15.0 Å². The largest absolute Gasteiger partial charge is 0.497 e. The van der Waals surface area contributed by atoms with Gasteiger partial charge in [-0.3, -0.25) is 4.79 Å². The number of allylic oxidation sites excluding steroid dienone is 3. The molecular weight excluding hydrogens is 451 g/mol. The monoisotopic (exact) mass is 484 g/mol. The zero-order valence-corrected chi connectivity index (χ0v) is 21.1.